The molecule has 0 fully saturated rings. The van der Waals surface area contributed by atoms with Crippen molar-refractivity contribution in [1.82, 2.24) is 0 Å². The number of hydrogen-bond acceptors (Lipinski definition) is 14. The molecule has 0 saturated heterocycles. The zero-order chi connectivity index (χ0) is 86.5. The van der Waals surface area contributed by atoms with Crippen molar-refractivity contribution in [2.75, 3.05) is 39.6 Å². The summed E-state index contributed by atoms with van der Waals surface area (Å²) in [6.45, 7) is 2.38. The smallest absolute Gasteiger partial charge is 0.463 e. The van der Waals surface area contributed by atoms with Gasteiger partial charge in [0.15, 0.2) is 6.10 Å². The van der Waals surface area contributed by atoms with E-state index in [9.17, 15) is 43.5 Å². The minimum Gasteiger partial charge on any atom is -0.463 e. The molecule has 16 nitrogen and oxygen atoms in total. The molecule has 0 rings (SSSR count). The first kappa shape index (κ1) is 114. The number of ether oxygens (including phenoxy) is 3. The molecule has 5 unspecified atom stereocenters. The Hall–Kier alpha value is -4.83. The second kappa shape index (κ2) is 92.4. The van der Waals surface area contributed by atoms with Crippen molar-refractivity contribution in [1.29, 1.82) is 0 Å². The van der Waals surface area contributed by atoms with Crippen molar-refractivity contribution in [2.45, 2.75) is 424 Å². The monoisotopic (exact) mass is 1710 g/mol. The topological polar surface area (TPSA) is 231 Å². The predicted octanol–water partition coefficient (Wildman–Crippen LogP) is 29.7. The van der Waals surface area contributed by atoms with E-state index in [-0.39, 0.29) is 19.3 Å². The summed E-state index contributed by atoms with van der Waals surface area (Å²) in [4.78, 5) is 58.9. The lowest BCUT2D eigenvalue weighted by Gasteiger charge is -2.21. The molecule has 0 saturated carbocycles. The first-order chi connectivity index (χ1) is 58.2. The van der Waals surface area contributed by atoms with E-state index < -0.39 is 91.5 Å². The summed E-state index contributed by atoms with van der Waals surface area (Å²) in [6, 6.07) is 0. The third-order valence-corrected chi connectivity index (χ3v) is 22.1. The van der Waals surface area contributed by atoms with Crippen LogP contribution in [0.2, 0.25) is 0 Å². The Morgan fingerprint density at radius 2 is 0.420 bits per heavy atom. The summed E-state index contributed by atoms with van der Waals surface area (Å²) in [5.41, 5.74) is 0. The first-order valence-electron chi connectivity index (χ1n) is 47.8. The highest BCUT2D eigenvalue weighted by molar-refractivity contribution is 7.47. The third-order valence-electron chi connectivity index (χ3n) is 20.2. The maximum atomic E-state index is 13.0. The molecular weight excluding hydrogens is 1530 g/mol. The molecular formula is C101H174O16P2. The Kier molecular flexibility index (Phi) is 88.6. The molecule has 0 heterocycles. The van der Waals surface area contributed by atoms with Crippen LogP contribution in [0, 0.1) is 0 Å². The summed E-state index contributed by atoms with van der Waals surface area (Å²) in [7, 11) is -9.81. The number of unbranched alkanes of at least 4 members (excludes halogenated alkanes) is 41. The molecule has 0 spiro atoms. The van der Waals surface area contributed by atoms with Gasteiger partial charge in [0.2, 0.25) is 0 Å². The highest BCUT2D eigenvalue weighted by Gasteiger charge is 2.30. The fraction of sp³-hybridized carbons (Fsp3) is 0.713. The fourth-order valence-corrected chi connectivity index (χ4v) is 14.7. The van der Waals surface area contributed by atoms with Crippen molar-refractivity contribution < 1.29 is 75.8 Å². The van der Waals surface area contributed by atoms with Crippen LogP contribution in [0.4, 0.5) is 0 Å². The van der Waals surface area contributed by atoms with Gasteiger partial charge in [-0.15, -0.1) is 0 Å². The number of carbonyl (C=O) groups is 3. The van der Waals surface area contributed by atoms with Gasteiger partial charge < -0.3 is 34.2 Å². The van der Waals surface area contributed by atoms with E-state index >= 15 is 0 Å². The van der Waals surface area contributed by atoms with E-state index in [2.05, 4.69) is 179 Å². The van der Waals surface area contributed by atoms with Gasteiger partial charge in [-0.1, -0.05) is 403 Å². The normalized spacial score (nSPS) is 14.4. The van der Waals surface area contributed by atoms with Gasteiger partial charge in [-0.05, 0) is 141 Å². The minimum atomic E-state index is -4.94. The van der Waals surface area contributed by atoms with E-state index in [1.165, 1.54) is 193 Å². The summed E-state index contributed by atoms with van der Waals surface area (Å²) < 4.78 is 61.4. The van der Waals surface area contributed by atoms with Crippen LogP contribution in [-0.2, 0) is 55.8 Å². The molecule has 684 valence electrons. The van der Waals surface area contributed by atoms with E-state index in [0.717, 1.165) is 154 Å². The highest BCUT2D eigenvalue weighted by Crippen LogP contribution is 2.45. The molecule has 0 aromatic carbocycles. The average Bonchev–Trinajstić information content (AvgIpc) is 0.898. The number of esters is 3. The van der Waals surface area contributed by atoms with Crippen LogP contribution >= 0.6 is 15.6 Å². The number of rotatable bonds is 90. The van der Waals surface area contributed by atoms with Crippen molar-refractivity contribution in [2.24, 2.45) is 0 Å². The van der Waals surface area contributed by atoms with Crippen LogP contribution in [0.3, 0.4) is 0 Å². The van der Waals surface area contributed by atoms with Gasteiger partial charge >= 0.3 is 33.6 Å². The van der Waals surface area contributed by atoms with E-state index in [0.29, 0.717) is 19.3 Å². The summed E-state index contributed by atoms with van der Waals surface area (Å²) in [6.07, 6.45) is 119. The van der Waals surface area contributed by atoms with Gasteiger partial charge in [0.05, 0.1) is 26.4 Å². The number of carbonyl (C=O) groups excluding carboxylic acids is 3. The van der Waals surface area contributed by atoms with Crippen molar-refractivity contribution >= 4 is 33.6 Å². The Labute approximate surface area is 727 Å². The number of phosphoric acid groups is 2. The summed E-state index contributed by atoms with van der Waals surface area (Å²) in [5, 5.41) is 20.7. The third kappa shape index (κ3) is 93.7. The van der Waals surface area contributed by atoms with Gasteiger partial charge in [-0.2, -0.15) is 0 Å². The molecule has 119 heavy (non-hydrogen) atoms. The maximum Gasteiger partial charge on any atom is 0.472 e. The van der Waals surface area contributed by atoms with Gasteiger partial charge in [0.25, 0.3) is 0 Å². The molecule has 4 N–H and O–H groups in total. The van der Waals surface area contributed by atoms with E-state index in [1.807, 2.05) is 0 Å². The van der Waals surface area contributed by atoms with Crippen molar-refractivity contribution in [3.63, 3.8) is 0 Å². The Morgan fingerprint density at radius 3 is 0.664 bits per heavy atom. The molecule has 0 amide bonds. The van der Waals surface area contributed by atoms with Crippen LogP contribution in [0.25, 0.3) is 0 Å². The van der Waals surface area contributed by atoms with Crippen LogP contribution in [0.1, 0.15) is 406 Å². The molecule has 0 aromatic heterocycles. The lowest BCUT2D eigenvalue weighted by atomic mass is 10.0. The minimum absolute atomic E-state index is 0.0843. The standard InChI is InChI=1S/C101H174O16P2/c1-4-7-10-13-16-19-22-25-28-30-32-34-36-38-40-42-44-46-47-49-51-52-54-56-58-60-62-64-67-69-72-75-78-81-84-87-99(104)111-90-96(102)91-113-118(107,108)114-92-97(103)93-115-119(109,110)116-95-98(117-101(106)89-86-83-80-77-74-71-66-27-24-21-18-15-12-9-6-3)94-112-100(105)88-85-82-79-76-73-70-68-65-63-61-59-57-55-53-50-48-45-43-41-39-37-35-33-31-29-26-23-20-17-14-11-8-5-2/h7-12,16-21,25-29,32-35,38-41,66,96-98,102-103H,4-6,13-15,22-24,30-31,36-37,42-65,67-95H2,1-3H3,(H,107,108)(H,109,110)/b10-7-,11-8-,12-9-,19-16-,20-17-,21-18-,28-25-,29-26-,34-32-,35-33-,40-38-,41-39-,66-27-. The van der Waals surface area contributed by atoms with Gasteiger partial charge in [-0.3, -0.25) is 32.5 Å². The molecule has 0 aliphatic carbocycles. The number of aliphatic hydroxyl groups is 2. The second-order valence-electron chi connectivity index (χ2n) is 31.7. The summed E-state index contributed by atoms with van der Waals surface area (Å²) in [5.74, 6) is -1.58. The van der Waals surface area contributed by atoms with E-state index in [1.54, 1.807) is 0 Å². The fourth-order valence-electron chi connectivity index (χ4n) is 13.1. The lowest BCUT2D eigenvalue weighted by molar-refractivity contribution is -0.161. The van der Waals surface area contributed by atoms with Crippen LogP contribution < -0.4 is 0 Å². The molecule has 5 atom stereocenters. The highest BCUT2D eigenvalue weighted by atomic mass is 31.2. The number of phosphoric ester groups is 2. The summed E-state index contributed by atoms with van der Waals surface area (Å²) >= 11 is 0. The molecule has 0 aliphatic heterocycles. The molecule has 0 aliphatic rings. The molecule has 0 aromatic rings. The van der Waals surface area contributed by atoms with E-state index in [4.69, 9.17) is 32.3 Å². The first-order valence-corrected chi connectivity index (χ1v) is 50.8. The zero-order valence-electron chi connectivity index (χ0n) is 75.5. The van der Waals surface area contributed by atoms with Crippen LogP contribution in [-0.4, -0.2) is 95.9 Å². The number of aliphatic hydroxyl groups excluding tert-OH is 2. The zero-order valence-corrected chi connectivity index (χ0v) is 77.3. The molecule has 18 heteroatoms. The quantitative estimate of drug-likeness (QED) is 0.0146. The Morgan fingerprint density at radius 1 is 0.235 bits per heavy atom. The van der Waals surface area contributed by atoms with Crippen LogP contribution in [0.5, 0.6) is 0 Å². The van der Waals surface area contributed by atoms with Gasteiger partial charge in [0, 0.05) is 19.3 Å². The number of hydrogen-bond donors (Lipinski definition) is 4. The second-order valence-corrected chi connectivity index (χ2v) is 34.6. The SMILES string of the molecule is CC/C=C\C/C=C\C/C=C\C/C=C\C/C=C\CCCCCCCCCCCCCCCCCCCCCC(=O)OCC(O)COP(=O)(O)OCC(O)COP(=O)(O)OCC(COC(=O)CCCCCCCCCCCCCCCCCCC/C=C\C/C=C\C/C=C\C/C=C\C/C=C\CC)OC(=O)CCCCCCC/C=C\C/C=C\C/C=C\CC. The van der Waals surface area contributed by atoms with Crippen LogP contribution in [0.15, 0.2) is 158 Å². The molecule has 0 radical (unpaired) electrons. The van der Waals surface area contributed by atoms with Crippen molar-refractivity contribution in [3.05, 3.63) is 158 Å². The largest absolute Gasteiger partial charge is 0.472 e. The van der Waals surface area contributed by atoms with Crippen molar-refractivity contribution in [3.8, 4) is 0 Å². The Bertz CT molecular complexity index is 2790. The lowest BCUT2D eigenvalue weighted by Crippen LogP contribution is -2.30. The maximum absolute atomic E-state index is 13.0. The Balaban J connectivity index is 4.40. The predicted molar refractivity (Wildman–Crippen MR) is 500 cm³/mol. The van der Waals surface area contributed by atoms with Gasteiger partial charge in [-0.25, -0.2) is 9.13 Å². The van der Waals surface area contributed by atoms with Gasteiger partial charge in [0.1, 0.15) is 25.4 Å². The average molecular weight is 1710 g/mol. The molecule has 0 bridgehead atoms. The number of allylic oxidation sites excluding steroid dienone is 26.